The second-order valence-electron chi connectivity index (χ2n) is 7.50. The van der Waals surface area contributed by atoms with Gasteiger partial charge in [0.25, 0.3) is 5.91 Å². The lowest BCUT2D eigenvalue weighted by Gasteiger charge is -2.34. The largest absolute Gasteiger partial charge is 0.369 e. The summed E-state index contributed by atoms with van der Waals surface area (Å²) in [5.41, 5.74) is 3.87. The number of aromatic amines is 1. The van der Waals surface area contributed by atoms with Gasteiger partial charge in [0.05, 0.1) is 17.9 Å². The predicted octanol–water partition coefficient (Wildman–Crippen LogP) is 1.83. The minimum Gasteiger partial charge on any atom is -0.369 e. The fourth-order valence-electron chi connectivity index (χ4n) is 4.01. The molecular formula is C20H27N5O2. The number of hydrogen-bond donors (Lipinski definition) is 1. The summed E-state index contributed by atoms with van der Waals surface area (Å²) in [7, 11) is 0. The standard InChI is InChI=1S/C20H27N5O2/c1-14-13-17-18(15(2)27-14)22-23-19(17)20(26)25-11-9-24(10-12-25)8-5-16-3-6-21-7-4-16/h3-4,6-7,14-15H,5,8-13H2,1-2H3,(H,22,23)/t14-,15+/m1/s1. The number of nitrogens with one attached hydrogen (secondary N) is 1. The van der Waals surface area contributed by atoms with Crippen molar-refractivity contribution < 1.29 is 9.53 Å². The zero-order valence-corrected chi connectivity index (χ0v) is 16.0. The van der Waals surface area contributed by atoms with E-state index in [2.05, 4.69) is 32.2 Å². The molecule has 2 aromatic heterocycles. The Balaban J connectivity index is 1.34. The summed E-state index contributed by atoms with van der Waals surface area (Å²) in [6.45, 7) is 8.36. The lowest BCUT2D eigenvalue weighted by molar-refractivity contribution is -0.00704. The topological polar surface area (TPSA) is 74.4 Å². The third-order valence-electron chi connectivity index (χ3n) is 5.56. The van der Waals surface area contributed by atoms with Crippen LogP contribution in [0.5, 0.6) is 0 Å². The Bertz CT molecular complexity index is 783. The van der Waals surface area contributed by atoms with Gasteiger partial charge in [-0.1, -0.05) is 0 Å². The molecule has 2 atom stereocenters. The Hall–Kier alpha value is -2.25. The lowest BCUT2D eigenvalue weighted by Crippen LogP contribution is -2.49. The first-order valence-electron chi connectivity index (χ1n) is 9.75. The smallest absolute Gasteiger partial charge is 0.274 e. The number of amides is 1. The number of ether oxygens (including phenoxy) is 1. The van der Waals surface area contributed by atoms with Crippen molar-refractivity contribution in [3.05, 3.63) is 47.0 Å². The minimum atomic E-state index is -0.0390. The molecule has 27 heavy (non-hydrogen) atoms. The van der Waals surface area contributed by atoms with Gasteiger partial charge >= 0.3 is 0 Å². The van der Waals surface area contributed by atoms with Gasteiger partial charge in [-0.3, -0.25) is 19.8 Å². The molecule has 0 bridgehead atoms. The van der Waals surface area contributed by atoms with Crippen LogP contribution >= 0.6 is 0 Å². The van der Waals surface area contributed by atoms with Crippen LogP contribution in [0.25, 0.3) is 0 Å². The van der Waals surface area contributed by atoms with Crippen molar-refractivity contribution >= 4 is 5.91 Å². The molecule has 2 aliphatic heterocycles. The molecule has 4 heterocycles. The van der Waals surface area contributed by atoms with Crippen molar-refractivity contribution in [1.29, 1.82) is 0 Å². The first-order chi connectivity index (χ1) is 13.1. The molecule has 0 radical (unpaired) electrons. The summed E-state index contributed by atoms with van der Waals surface area (Å²) in [4.78, 5) is 21.4. The molecule has 0 saturated carbocycles. The first kappa shape index (κ1) is 18.1. The lowest BCUT2D eigenvalue weighted by atomic mass is 9.99. The highest BCUT2D eigenvalue weighted by atomic mass is 16.5. The Morgan fingerprint density at radius 3 is 2.70 bits per heavy atom. The van der Waals surface area contributed by atoms with Crippen molar-refractivity contribution in [2.75, 3.05) is 32.7 Å². The fraction of sp³-hybridized carbons (Fsp3) is 0.550. The summed E-state index contributed by atoms with van der Waals surface area (Å²) >= 11 is 0. The van der Waals surface area contributed by atoms with Gasteiger partial charge < -0.3 is 9.64 Å². The summed E-state index contributed by atoms with van der Waals surface area (Å²) in [6.07, 6.45) is 5.50. The SMILES string of the molecule is C[C@@H]1Cc2c(C(=O)N3CCN(CCc4ccncc4)CC3)n[nH]c2[C@H](C)O1. The maximum atomic E-state index is 13.0. The fourth-order valence-corrected chi connectivity index (χ4v) is 4.01. The zero-order valence-electron chi connectivity index (χ0n) is 16.0. The molecule has 7 nitrogen and oxygen atoms in total. The number of rotatable bonds is 4. The average molecular weight is 369 g/mol. The summed E-state index contributed by atoms with van der Waals surface area (Å²) < 4.78 is 5.82. The molecule has 0 aromatic carbocycles. The van der Waals surface area contributed by atoms with Crippen LogP contribution in [0.4, 0.5) is 0 Å². The van der Waals surface area contributed by atoms with Crippen molar-refractivity contribution in [2.24, 2.45) is 0 Å². The van der Waals surface area contributed by atoms with E-state index in [0.717, 1.165) is 56.8 Å². The van der Waals surface area contributed by atoms with Gasteiger partial charge in [-0.05, 0) is 38.0 Å². The molecule has 2 aliphatic rings. The van der Waals surface area contributed by atoms with E-state index in [1.165, 1.54) is 5.56 Å². The Kier molecular flexibility index (Phi) is 5.22. The number of nitrogens with zero attached hydrogens (tertiary/aromatic N) is 4. The van der Waals surface area contributed by atoms with Gasteiger partial charge in [-0.2, -0.15) is 5.10 Å². The summed E-state index contributed by atoms with van der Waals surface area (Å²) in [6, 6.07) is 4.12. The van der Waals surface area contributed by atoms with E-state index in [0.29, 0.717) is 5.69 Å². The van der Waals surface area contributed by atoms with Crippen molar-refractivity contribution in [3.63, 3.8) is 0 Å². The van der Waals surface area contributed by atoms with Crippen LogP contribution in [0.2, 0.25) is 0 Å². The number of piperazine rings is 1. The molecule has 2 aromatic rings. The van der Waals surface area contributed by atoms with E-state index in [1.54, 1.807) is 0 Å². The van der Waals surface area contributed by atoms with Gasteiger partial charge in [0.2, 0.25) is 0 Å². The first-order valence-corrected chi connectivity index (χ1v) is 9.75. The van der Waals surface area contributed by atoms with Gasteiger partial charge in [-0.15, -0.1) is 0 Å². The molecule has 1 saturated heterocycles. The molecule has 0 unspecified atom stereocenters. The molecular weight excluding hydrogens is 342 g/mol. The van der Waals surface area contributed by atoms with E-state index < -0.39 is 0 Å². The van der Waals surface area contributed by atoms with Gasteiger partial charge in [0.1, 0.15) is 0 Å². The molecule has 1 amide bonds. The number of carbonyl (C=O) groups is 1. The number of hydrogen-bond acceptors (Lipinski definition) is 5. The molecule has 0 aliphatic carbocycles. The molecule has 1 N–H and O–H groups in total. The number of pyridine rings is 1. The van der Waals surface area contributed by atoms with Gasteiger partial charge in [0.15, 0.2) is 5.69 Å². The van der Waals surface area contributed by atoms with E-state index in [4.69, 9.17) is 4.74 Å². The Morgan fingerprint density at radius 1 is 1.22 bits per heavy atom. The second-order valence-corrected chi connectivity index (χ2v) is 7.50. The van der Waals surface area contributed by atoms with Crippen LogP contribution in [0.3, 0.4) is 0 Å². The summed E-state index contributed by atoms with van der Waals surface area (Å²) in [5.74, 6) is 0.0441. The average Bonchev–Trinajstić information content (AvgIpc) is 3.11. The van der Waals surface area contributed by atoms with E-state index >= 15 is 0 Å². The van der Waals surface area contributed by atoms with Crippen LogP contribution in [0.1, 0.15) is 47.3 Å². The highest BCUT2D eigenvalue weighted by molar-refractivity contribution is 5.94. The minimum absolute atomic E-state index is 0.0390. The number of carbonyl (C=O) groups excluding carboxylic acids is 1. The quantitative estimate of drug-likeness (QED) is 0.890. The molecule has 144 valence electrons. The maximum Gasteiger partial charge on any atom is 0.274 e. The third-order valence-corrected chi connectivity index (χ3v) is 5.56. The molecule has 7 heteroatoms. The van der Waals surface area contributed by atoms with Crippen LogP contribution < -0.4 is 0 Å². The zero-order chi connectivity index (χ0) is 18.8. The second kappa shape index (κ2) is 7.78. The monoisotopic (exact) mass is 369 g/mol. The Morgan fingerprint density at radius 2 is 1.96 bits per heavy atom. The number of H-pyrrole nitrogens is 1. The van der Waals surface area contributed by atoms with E-state index in [9.17, 15) is 4.79 Å². The van der Waals surface area contributed by atoms with Crippen molar-refractivity contribution in [1.82, 2.24) is 25.0 Å². The van der Waals surface area contributed by atoms with E-state index in [-0.39, 0.29) is 18.1 Å². The van der Waals surface area contributed by atoms with Crippen LogP contribution in [0.15, 0.2) is 24.5 Å². The van der Waals surface area contributed by atoms with Crippen molar-refractivity contribution in [3.8, 4) is 0 Å². The van der Waals surface area contributed by atoms with Crippen LogP contribution in [-0.2, 0) is 17.6 Å². The van der Waals surface area contributed by atoms with E-state index in [1.807, 2.05) is 31.1 Å². The van der Waals surface area contributed by atoms with Gasteiger partial charge in [-0.25, -0.2) is 0 Å². The number of fused-ring (bicyclic) bond motifs is 1. The van der Waals surface area contributed by atoms with Crippen molar-refractivity contribution in [2.45, 2.75) is 38.9 Å². The Labute approximate surface area is 159 Å². The normalized spacial score (nSPS) is 23.3. The third kappa shape index (κ3) is 3.89. The van der Waals surface area contributed by atoms with Crippen LogP contribution in [-0.4, -0.2) is 69.7 Å². The summed E-state index contributed by atoms with van der Waals surface area (Å²) in [5, 5.41) is 7.36. The maximum absolute atomic E-state index is 13.0. The predicted molar refractivity (Wildman–Crippen MR) is 102 cm³/mol. The number of aromatic nitrogens is 3. The molecule has 0 spiro atoms. The van der Waals surface area contributed by atoms with Crippen LogP contribution in [0, 0.1) is 0 Å². The highest BCUT2D eigenvalue weighted by Crippen LogP contribution is 2.30. The van der Waals surface area contributed by atoms with Gasteiger partial charge in [0, 0.05) is 57.1 Å². The highest BCUT2D eigenvalue weighted by Gasteiger charge is 2.32. The molecule has 4 rings (SSSR count). The molecule has 1 fully saturated rings.